The molecule has 0 saturated heterocycles. The molecule has 0 heterocycles. The van der Waals surface area contributed by atoms with Crippen molar-refractivity contribution in [1.29, 1.82) is 5.26 Å². The molecule has 0 spiro atoms. The lowest BCUT2D eigenvalue weighted by molar-refractivity contribution is -0.121. The van der Waals surface area contributed by atoms with Gasteiger partial charge in [0.2, 0.25) is 5.91 Å². The Kier molecular flexibility index (Phi) is 5.85. The van der Waals surface area contributed by atoms with Gasteiger partial charge in [0, 0.05) is 6.54 Å². The standard InChI is InChI=1S/C15H21N3O2/c1-10(2)9-17-15(19)11(3)18-14-12(8-16)6-5-7-13(14)20-4/h5-7,10-11,18H,9H2,1-4H3,(H,17,19). The normalized spacial score (nSPS) is 11.6. The van der Waals surface area contributed by atoms with Gasteiger partial charge in [-0.05, 0) is 25.0 Å². The number of nitrogens with zero attached hydrogens (tertiary/aromatic N) is 1. The van der Waals surface area contributed by atoms with E-state index in [-0.39, 0.29) is 5.91 Å². The second-order valence-electron chi connectivity index (χ2n) is 5.00. The summed E-state index contributed by atoms with van der Waals surface area (Å²) in [5.41, 5.74) is 0.998. The maximum absolute atomic E-state index is 12.0. The zero-order valence-electron chi connectivity index (χ0n) is 12.4. The highest BCUT2D eigenvalue weighted by atomic mass is 16.5. The van der Waals surface area contributed by atoms with Crippen LogP contribution in [0.15, 0.2) is 18.2 Å². The molecular formula is C15H21N3O2. The fourth-order valence-electron chi connectivity index (χ4n) is 1.68. The van der Waals surface area contributed by atoms with Gasteiger partial charge in [-0.15, -0.1) is 0 Å². The molecule has 0 saturated carbocycles. The smallest absolute Gasteiger partial charge is 0.242 e. The van der Waals surface area contributed by atoms with Crippen molar-refractivity contribution in [3.63, 3.8) is 0 Å². The number of para-hydroxylation sites is 1. The Morgan fingerprint density at radius 1 is 1.40 bits per heavy atom. The third-order valence-corrected chi connectivity index (χ3v) is 2.81. The highest BCUT2D eigenvalue weighted by Gasteiger charge is 2.17. The van der Waals surface area contributed by atoms with E-state index in [1.165, 1.54) is 7.11 Å². The Bertz CT molecular complexity index is 506. The second-order valence-corrected chi connectivity index (χ2v) is 5.00. The largest absolute Gasteiger partial charge is 0.495 e. The van der Waals surface area contributed by atoms with Crippen LogP contribution in [0.4, 0.5) is 5.69 Å². The quantitative estimate of drug-likeness (QED) is 0.834. The number of hydrogen-bond acceptors (Lipinski definition) is 4. The molecule has 0 aliphatic carbocycles. The Hall–Kier alpha value is -2.22. The molecule has 20 heavy (non-hydrogen) atoms. The molecule has 5 heteroatoms. The molecule has 1 aromatic carbocycles. The van der Waals surface area contributed by atoms with Crippen LogP contribution >= 0.6 is 0 Å². The zero-order chi connectivity index (χ0) is 15.1. The number of ether oxygens (including phenoxy) is 1. The van der Waals surface area contributed by atoms with Crippen LogP contribution in [0, 0.1) is 17.2 Å². The van der Waals surface area contributed by atoms with E-state index >= 15 is 0 Å². The number of hydrogen-bond donors (Lipinski definition) is 2. The third-order valence-electron chi connectivity index (χ3n) is 2.81. The number of nitriles is 1. The summed E-state index contributed by atoms with van der Waals surface area (Å²) in [7, 11) is 1.53. The molecular weight excluding hydrogens is 254 g/mol. The number of rotatable bonds is 6. The van der Waals surface area contributed by atoms with E-state index < -0.39 is 6.04 Å². The van der Waals surface area contributed by atoms with Gasteiger partial charge in [-0.3, -0.25) is 4.79 Å². The number of carbonyl (C=O) groups is 1. The molecule has 1 aromatic rings. The molecule has 0 radical (unpaired) electrons. The van der Waals surface area contributed by atoms with E-state index in [4.69, 9.17) is 10.00 Å². The summed E-state index contributed by atoms with van der Waals surface area (Å²) in [6, 6.07) is 6.82. The van der Waals surface area contributed by atoms with Crippen LogP contribution in [0.1, 0.15) is 26.3 Å². The Morgan fingerprint density at radius 2 is 2.10 bits per heavy atom. The summed E-state index contributed by atoms with van der Waals surface area (Å²) in [4.78, 5) is 12.0. The third kappa shape index (κ3) is 4.16. The van der Waals surface area contributed by atoms with E-state index in [9.17, 15) is 4.79 Å². The summed E-state index contributed by atoms with van der Waals surface area (Å²) >= 11 is 0. The predicted octanol–water partition coefficient (Wildman–Crippen LogP) is 2.14. The zero-order valence-corrected chi connectivity index (χ0v) is 12.4. The van der Waals surface area contributed by atoms with E-state index in [1.807, 2.05) is 13.8 Å². The molecule has 108 valence electrons. The van der Waals surface area contributed by atoms with Crippen molar-refractivity contribution >= 4 is 11.6 Å². The van der Waals surface area contributed by atoms with Gasteiger partial charge in [-0.1, -0.05) is 19.9 Å². The first-order chi connectivity index (χ1) is 9.49. The van der Waals surface area contributed by atoms with Gasteiger partial charge in [0.15, 0.2) is 0 Å². The first-order valence-electron chi connectivity index (χ1n) is 6.61. The number of methoxy groups -OCH3 is 1. The fraction of sp³-hybridized carbons (Fsp3) is 0.467. The summed E-state index contributed by atoms with van der Waals surface area (Å²) in [5.74, 6) is 0.841. The fourth-order valence-corrected chi connectivity index (χ4v) is 1.68. The summed E-state index contributed by atoms with van der Waals surface area (Å²) in [6.07, 6.45) is 0. The summed E-state index contributed by atoms with van der Waals surface area (Å²) in [5, 5.41) is 15.0. The van der Waals surface area contributed by atoms with E-state index in [2.05, 4.69) is 16.7 Å². The first-order valence-corrected chi connectivity index (χ1v) is 6.61. The van der Waals surface area contributed by atoms with E-state index in [0.717, 1.165) is 0 Å². The van der Waals surface area contributed by atoms with Crippen LogP contribution in [0.2, 0.25) is 0 Å². The summed E-state index contributed by atoms with van der Waals surface area (Å²) < 4.78 is 5.22. The Balaban J connectivity index is 2.82. The molecule has 1 rings (SSSR count). The lowest BCUT2D eigenvalue weighted by Gasteiger charge is -2.18. The maximum atomic E-state index is 12.0. The SMILES string of the molecule is COc1cccc(C#N)c1NC(C)C(=O)NCC(C)C. The first kappa shape index (κ1) is 15.8. The molecule has 1 unspecified atom stereocenters. The number of amides is 1. The van der Waals surface area contributed by atoms with Gasteiger partial charge in [0.1, 0.15) is 17.9 Å². The van der Waals surface area contributed by atoms with Crippen LogP contribution < -0.4 is 15.4 Å². The van der Waals surface area contributed by atoms with Gasteiger partial charge >= 0.3 is 0 Å². The Morgan fingerprint density at radius 3 is 2.65 bits per heavy atom. The minimum atomic E-state index is -0.447. The molecule has 2 N–H and O–H groups in total. The van der Waals surface area contributed by atoms with Gasteiger partial charge in [0.25, 0.3) is 0 Å². The molecule has 0 fully saturated rings. The molecule has 5 nitrogen and oxygen atoms in total. The highest BCUT2D eigenvalue weighted by Crippen LogP contribution is 2.28. The van der Waals surface area contributed by atoms with Crippen LogP contribution in [0.5, 0.6) is 5.75 Å². The molecule has 0 aliphatic rings. The van der Waals surface area contributed by atoms with Crippen LogP contribution in [-0.4, -0.2) is 25.6 Å². The monoisotopic (exact) mass is 275 g/mol. The van der Waals surface area contributed by atoms with Crippen molar-refractivity contribution in [2.45, 2.75) is 26.8 Å². The van der Waals surface area contributed by atoms with Gasteiger partial charge < -0.3 is 15.4 Å². The van der Waals surface area contributed by atoms with E-state index in [0.29, 0.717) is 29.5 Å². The topological polar surface area (TPSA) is 74.1 Å². The van der Waals surface area contributed by atoms with Crippen molar-refractivity contribution < 1.29 is 9.53 Å². The lowest BCUT2D eigenvalue weighted by atomic mass is 10.1. The predicted molar refractivity (Wildman–Crippen MR) is 78.6 cm³/mol. The molecule has 0 bridgehead atoms. The maximum Gasteiger partial charge on any atom is 0.242 e. The van der Waals surface area contributed by atoms with Gasteiger partial charge in [-0.2, -0.15) is 5.26 Å². The van der Waals surface area contributed by atoms with Crippen LogP contribution in [0.3, 0.4) is 0 Å². The van der Waals surface area contributed by atoms with Crippen molar-refractivity contribution in [2.24, 2.45) is 5.92 Å². The number of benzene rings is 1. The van der Waals surface area contributed by atoms with E-state index in [1.54, 1.807) is 25.1 Å². The van der Waals surface area contributed by atoms with Crippen molar-refractivity contribution in [3.8, 4) is 11.8 Å². The average Bonchev–Trinajstić information content (AvgIpc) is 2.44. The average molecular weight is 275 g/mol. The molecule has 1 atom stereocenters. The minimum Gasteiger partial charge on any atom is -0.495 e. The molecule has 1 amide bonds. The highest BCUT2D eigenvalue weighted by molar-refractivity contribution is 5.85. The number of anilines is 1. The van der Waals surface area contributed by atoms with Gasteiger partial charge in [-0.25, -0.2) is 0 Å². The Labute approximate surface area is 119 Å². The molecule has 0 aliphatic heterocycles. The van der Waals surface area contributed by atoms with Crippen LogP contribution in [0.25, 0.3) is 0 Å². The molecule has 0 aromatic heterocycles. The van der Waals surface area contributed by atoms with Crippen molar-refractivity contribution in [1.82, 2.24) is 5.32 Å². The summed E-state index contributed by atoms with van der Waals surface area (Å²) in [6.45, 7) is 6.45. The number of carbonyl (C=O) groups excluding carboxylic acids is 1. The van der Waals surface area contributed by atoms with Crippen molar-refractivity contribution in [3.05, 3.63) is 23.8 Å². The van der Waals surface area contributed by atoms with Crippen LogP contribution in [-0.2, 0) is 4.79 Å². The lowest BCUT2D eigenvalue weighted by Crippen LogP contribution is -2.39. The van der Waals surface area contributed by atoms with Crippen molar-refractivity contribution in [2.75, 3.05) is 19.0 Å². The number of nitrogens with one attached hydrogen (secondary N) is 2. The minimum absolute atomic E-state index is 0.103. The van der Waals surface area contributed by atoms with Gasteiger partial charge in [0.05, 0.1) is 18.4 Å². The second kappa shape index (κ2) is 7.39.